The molecule has 0 bridgehead atoms. The van der Waals surface area contributed by atoms with Crippen LogP contribution < -0.4 is 5.32 Å². The Morgan fingerprint density at radius 3 is 2.39 bits per heavy atom. The lowest BCUT2D eigenvalue weighted by atomic mass is 10.0. The second-order valence-electron chi connectivity index (χ2n) is 7.07. The molecule has 2 heterocycles. The first kappa shape index (κ1) is 18.7. The fraction of sp³-hybridized carbons (Fsp3) is 0. The largest absolute Gasteiger partial charge is 0.305 e. The number of fused-ring (bicyclic) bond motifs is 1. The van der Waals surface area contributed by atoms with Gasteiger partial charge in [0.15, 0.2) is 5.82 Å². The smallest absolute Gasteiger partial charge is 0.257 e. The van der Waals surface area contributed by atoms with E-state index < -0.39 is 0 Å². The number of hydrogen-bond donors (Lipinski definition) is 2. The molecule has 3 aromatic carbocycles. The Morgan fingerprint density at radius 1 is 0.839 bits per heavy atom. The van der Waals surface area contributed by atoms with Crippen molar-refractivity contribution in [1.82, 2.24) is 15.2 Å². The molecule has 2 N–H and O–H groups in total. The van der Waals surface area contributed by atoms with E-state index in [0.29, 0.717) is 17.1 Å². The van der Waals surface area contributed by atoms with E-state index in [4.69, 9.17) is 4.98 Å². The van der Waals surface area contributed by atoms with Gasteiger partial charge in [-0.15, -0.1) is 0 Å². The number of para-hydroxylation sites is 1. The standard InChI is InChI=1S/C25H17FN4O/c26-18-12-10-17(11-13-18)23-15-24(30-29-23)28-25(31)20-14-22(16-6-2-1-3-7-16)27-21-9-5-4-8-19(20)21/h1-15H,(H2,28,29,30,31). The van der Waals surface area contributed by atoms with Crippen molar-refractivity contribution in [1.29, 1.82) is 0 Å². The fourth-order valence-electron chi connectivity index (χ4n) is 3.47. The van der Waals surface area contributed by atoms with Crippen LogP contribution in [0.5, 0.6) is 0 Å². The zero-order valence-electron chi connectivity index (χ0n) is 16.3. The van der Waals surface area contributed by atoms with Gasteiger partial charge in [-0.1, -0.05) is 48.5 Å². The molecule has 0 aliphatic heterocycles. The zero-order valence-corrected chi connectivity index (χ0v) is 16.3. The SMILES string of the molecule is O=C(Nc1cc(-c2ccc(F)cc2)[nH]n1)c1cc(-c2ccccc2)nc2ccccc12. The van der Waals surface area contributed by atoms with Crippen LogP contribution in [0.3, 0.4) is 0 Å². The van der Waals surface area contributed by atoms with Gasteiger partial charge in [-0.2, -0.15) is 5.10 Å². The van der Waals surface area contributed by atoms with Gasteiger partial charge in [-0.3, -0.25) is 9.89 Å². The summed E-state index contributed by atoms with van der Waals surface area (Å²) < 4.78 is 13.2. The molecule has 31 heavy (non-hydrogen) atoms. The maximum atomic E-state index is 13.2. The molecule has 5 rings (SSSR count). The number of aromatic nitrogens is 3. The van der Waals surface area contributed by atoms with Crippen molar-refractivity contribution in [2.75, 3.05) is 5.32 Å². The van der Waals surface area contributed by atoms with Gasteiger partial charge in [0, 0.05) is 17.0 Å². The predicted molar refractivity (Wildman–Crippen MR) is 119 cm³/mol. The molecule has 5 nitrogen and oxygen atoms in total. The highest BCUT2D eigenvalue weighted by Gasteiger charge is 2.15. The number of hydrogen-bond acceptors (Lipinski definition) is 3. The Morgan fingerprint density at radius 2 is 1.58 bits per heavy atom. The second kappa shape index (κ2) is 7.84. The third kappa shape index (κ3) is 3.79. The van der Waals surface area contributed by atoms with E-state index in [-0.39, 0.29) is 11.7 Å². The minimum absolute atomic E-state index is 0.284. The van der Waals surface area contributed by atoms with Gasteiger partial charge in [0.2, 0.25) is 0 Å². The van der Waals surface area contributed by atoms with Crippen LogP contribution in [-0.2, 0) is 0 Å². The lowest BCUT2D eigenvalue weighted by Gasteiger charge is -2.09. The summed E-state index contributed by atoms with van der Waals surface area (Å²) in [6.07, 6.45) is 0. The number of carbonyl (C=O) groups is 1. The van der Waals surface area contributed by atoms with Crippen molar-refractivity contribution in [3.63, 3.8) is 0 Å². The summed E-state index contributed by atoms with van der Waals surface area (Å²) in [4.78, 5) is 17.9. The fourth-order valence-corrected chi connectivity index (χ4v) is 3.47. The molecule has 0 saturated carbocycles. The van der Waals surface area contributed by atoms with Crippen LogP contribution in [-0.4, -0.2) is 21.1 Å². The Labute approximate surface area is 177 Å². The van der Waals surface area contributed by atoms with Crippen molar-refractivity contribution >= 4 is 22.6 Å². The Balaban J connectivity index is 1.49. The van der Waals surface area contributed by atoms with Crippen LogP contribution in [0.2, 0.25) is 0 Å². The molecule has 0 atom stereocenters. The van der Waals surface area contributed by atoms with E-state index in [1.54, 1.807) is 24.3 Å². The highest BCUT2D eigenvalue weighted by molar-refractivity contribution is 6.12. The van der Waals surface area contributed by atoms with Crippen molar-refractivity contribution < 1.29 is 9.18 Å². The number of anilines is 1. The van der Waals surface area contributed by atoms with E-state index in [0.717, 1.165) is 27.7 Å². The summed E-state index contributed by atoms with van der Waals surface area (Å²) >= 11 is 0. The summed E-state index contributed by atoms with van der Waals surface area (Å²) in [6, 6.07) is 26.8. The second-order valence-corrected chi connectivity index (χ2v) is 7.07. The summed E-state index contributed by atoms with van der Waals surface area (Å²) in [5, 5.41) is 10.7. The number of H-pyrrole nitrogens is 1. The van der Waals surface area contributed by atoms with E-state index in [1.165, 1.54) is 12.1 Å². The number of carbonyl (C=O) groups excluding carboxylic acids is 1. The van der Waals surface area contributed by atoms with E-state index in [9.17, 15) is 9.18 Å². The number of amides is 1. The number of nitrogens with one attached hydrogen (secondary N) is 2. The van der Waals surface area contributed by atoms with Gasteiger partial charge < -0.3 is 5.32 Å². The van der Waals surface area contributed by atoms with Gasteiger partial charge in [0.25, 0.3) is 5.91 Å². The summed E-state index contributed by atoms with van der Waals surface area (Å²) in [5.74, 6) is -0.213. The van der Waals surface area contributed by atoms with Crippen LogP contribution in [0.15, 0.2) is 91.0 Å². The molecule has 0 radical (unpaired) electrons. The summed E-state index contributed by atoms with van der Waals surface area (Å²) in [5.41, 5.74) is 4.35. The van der Waals surface area contributed by atoms with E-state index in [1.807, 2.05) is 54.6 Å². The molecule has 0 aliphatic carbocycles. The quantitative estimate of drug-likeness (QED) is 0.402. The van der Waals surface area contributed by atoms with Gasteiger partial charge >= 0.3 is 0 Å². The van der Waals surface area contributed by atoms with Crippen LogP contribution in [0, 0.1) is 5.82 Å². The summed E-state index contributed by atoms with van der Waals surface area (Å²) in [7, 11) is 0. The maximum Gasteiger partial charge on any atom is 0.257 e. The van der Waals surface area contributed by atoms with Gasteiger partial charge in [0.05, 0.1) is 22.5 Å². The Hall–Kier alpha value is -4.32. The third-order valence-corrected chi connectivity index (χ3v) is 5.01. The van der Waals surface area contributed by atoms with Crippen LogP contribution in [0.4, 0.5) is 10.2 Å². The molecular formula is C25H17FN4O. The lowest BCUT2D eigenvalue weighted by molar-refractivity contribution is 0.102. The van der Waals surface area contributed by atoms with Gasteiger partial charge in [0.1, 0.15) is 5.82 Å². The monoisotopic (exact) mass is 408 g/mol. The summed E-state index contributed by atoms with van der Waals surface area (Å²) in [6.45, 7) is 0. The van der Waals surface area contributed by atoms with Crippen molar-refractivity contribution in [3.8, 4) is 22.5 Å². The van der Waals surface area contributed by atoms with Crippen molar-refractivity contribution in [2.45, 2.75) is 0 Å². The van der Waals surface area contributed by atoms with E-state index >= 15 is 0 Å². The molecule has 0 saturated heterocycles. The number of pyridine rings is 1. The molecule has 6 heteroatoms. The molecule has 150 valence electrons. The maximum absolute atomic E-state index is 13.2. The molecule has 0 spiro atoms. The lowest BCUT2D eigenvalue weighted by Crippen LogP contribution is -2.13. The van der Waals surface area contributed by atoms with Crippen LogP contribution in [0.1, 0.15) is 10.4 Å². The first-order chi connectivity index (χ1) is 15.2. The zero-order chi connectivity index (χ0) is 21.2. The van der Waals surface area contributed by atoms with Gasteiger partial charge in [-0.05, 0) is 42.0 Å². The molecule has 2 aromatic heterocycles. The molecule has 0 fully saturated rings. The number of aromatic amines is 1. The molecule has 5 aromatic rings. The van der Waals surface area contributed by atoms with Gasteiger partial charge in [-0.25, -0.2) is 9.37 Å². The minimum Gasteiger partial charge on any atom is -0.305 e. The van der Waals surface area contributed by atoms with Crippen molar-refractivity contribution in [3.05, 3.63) is 102 Å². The minimum atomic E-state index is -0.310. The first-order valence-electron chi connectivity index (χ1n) is 9.75. The Bertz CT molecular complexity index is 1380. The normalized spacial score (nSPS) is 10.9. The van der Waals surface area contributed by atoms with Crippen LogP contribution in [0.25, 0.3) is 33.4 Å². The average molecular weight is 408 g/mol. The predicted octanol–water partition coefficient (Wildman–Crippen LogP) is 5.68. The molecule has 1 amide bonds. The highest BCUT2D eigenvalue weighted by atomic mass is 19.1. The Kier molecular flexibility index (Phi) is 4.72. The molecule has 0 aliphatic rings. The highest BCUT2D eigenvalue weighted by Crippen LogP contribution is 2.26. The number of halogens is 1. The van der Waals surface area contributed by atoms with Crippen LogP contribution >= 0.6 is 0 Å². The number of benzene rings is 3. The number of nitrogens with zero attached hydrogens (tertiary/aromatic N) is 2. The molecular weight excluding hydrogens is 391 g/mol. The number of rotatable bonds is 4. The average Bonchev–Trinajstić information content (AvgIpc) is 3.27. The van der Waals surface area contributed by atoms with E-state index in [2.05, 4.69) is 15.5 Å². The van der Waals surface area contributed by atoms with Crippen molar-refractivity contribution in [2.24, 2.45) is 0 Å². The first-order valence-corrected chi connectivity index (χ1v) is 9.75. The third-order valence-electron chi connectivity index (χ3n) is 5.01. The molecule has 0 unspecified atom stereocenters. The topological polar surface area (TPSA) is 70.7 Å².